The second kappa shape index (κ2) is 7.01. The second-order valence-corrected chi connectivity index (χ2v) is 7.58. The van der Waals surface area contributed by atoms with Crippen LogP contribution in [0.25, 0.3) is 0 Å². The van der Waals surface area contributed by atoms with Gasteiger partial charge in [0.2, 0.25) is 5.91 Å². The molecule has 2 N–H and O–H groups in total. The highest BCUT2D eigenvalue weighted by atomic mass is 35.5. The third-order valence-electron chi connectivity index (χ3n) is 6.29. The van der Waals surface area contributed by atoms with Gasteiger partial charge >= 0.3 is 0 Å². The van der Waals surface area contributed by atoms with Crippen molar-refractivity contribution in [2.45, 2.75) is 51.1 Å². The lowest BCUT2D eigenvalue weighted by Crippen LogP contribution is -2.50. The molecule has 2 atom stereocenters. The molecule has 3 aliphatic rings. The van der Waals surface area contributed by atoms with E-state index in [0.717, 1.165) is 24.8 Å². The molecule has 2 saturated carbocycles. The Morgan fingerprint density at radius 3 is 2.62 bits per heavy atom. The Morgan fingerprint density at radius 2 is 1.92 bits per heavy atom. The smallest absolute Gasteiger partial charge is 0.226 e. The van der Waals surface area contributed by atoms with Crippen molar-refractivity contribution >= 4 is 18.3 Å². The van der Waals surface area contributed by atoms with E-state index in [1.54, 1.807) is 6.07 Å². The molecule has 0 aromatic heterocycles. The van der Waals surface area contributed by atoms with Crippen LogP contribution in [-0.4, -0.2) is 23.4 Å². The van der Waals surface area contributed by atoms with E-state index in [1.807, 2.05) is 11.0 Å². The molecule has 4 rings (SSSR count). The Labute approximate surface area is 149 Å². The Bertz CT molecular complexity index is 609. The molecular formula is C19H26ClFN2O. The molecule has 24 heavy (non-hydrogen) atoms. The molecule has 1 aliphatic heterocycles. The number of hydrogen-bond acceptors (Lipinski definition) is 2. The van der Waals surface area contributed by atoms with Gasteiger partial charge < -0.3 is 10.6 Å². The van der Waals surface area contributed by atoms with Crippen LogP contribution in [0.4, 0.5) is 4.39 Å². The molecule has 132 valence electrons. The summed E-state index contributed by atoms with van der Waals surface area (Å²) in [7, 11) is 0. The molecular weight excluding hydrogens is 327 g/mol. The van der Waals surface area contributed by atoms with Gasteiger partial charge in [-0.1, -0.05) is 18.6 Å². The predicted octanol–water partition coefficient (Wildman–Crippen LogP) is 3.29. The SMILES string of the molecule is Cl.NC1C2CCCC1CC(C(=O)N1CCc3cccc(F)c3C1)C2. The van der Waals surface area contributed by atoms with E-state index in [1.165, 1.54) is 25.3 Å². The van der Waals surface area contributed by atoms with Crippen LogP contribution in [0.15, 0.2) is 18.2 Å². The standard InChI is InChI=1S/C19H25FN2O.ClH/c20-17-6-2-3-12-7-8-22(11-16(12)17)19(23)15-9-13-4-1-5-14(10-15)18(13)21;/h2-3,6,13-15,18H,1,4-5,7-11,21H2;1H. The van der Waals surface area contributed by atoms with Crippen molar-refractivity contribution in [3.63, 3.8) is 0 Å². The Balaban J connectivity index is 0.00000169. The van der Waals surface area contributed by atoms with Crippen molar-refractivity contribution in [3.05, 3.63) is 35.1 Å². The Kier molecular flexibility index (Phi) is 5.16. The normalized spacial score (nSPS) is 31.8. The maximum absolute atomic E-state index is 14.0. The molecule has 0 spiro atoms. The molecule has 0 saturated heterocycles. The summed E-state index contributed by atoms with van der Waals surface area (Å²) in [5, 5.41) is 0. The van der Waals surface area contributed by atoms with Crippen LogP contribution in [0.3, 0.4) is 0 Å². The summed E-state index contributed by atoms with van der Waals surface area (Å²) in [6.45, 7) is 1.14. The molecule has 2 bridgehead atoms. The first-order valence-electron chi connectivity index (χ1n) is 8.94. The molecule has 2 aliphatic carbocycles. The van der Waals surface area contributed by atoms with Gasteiger partial charge in [0.15, 0.2) is 0 Å². The summed E-state index contributed by atoms with van der Waals surface area (Å²) in [4.78, 5) is 14.9. The average molecular weight is 353 g/mol. The van der Waals surface area contributed by atoms with Crippen molar-refractivity contribution in [1.29, 1.82) is 0 Å². The van der Waals surface area contributed by atoms with Crippen molar-refractivity contribution in [2.24, 2.45) is 23.5 Å². The lowest BCUT2D eigenvalue weighted by atomic mass is 9.65. The zero-order valence-electron chi connectivity index (χ0n) is 13.9. The van der Waals surface area contributed by atoms with Gasteiger partial charge in [0.05, 0.1) is 0 Å². The van der Waals surface area contributed by atoms with Crippen LogP contribution in [0.1, 0.15) is 43.2 Å². The first-order chi connectivity index (χ1) is 11.1. The number of carbonyl (C=O) groups excluding carboxylic acids is 1. The number of nitrogens with two attached hydrogens (primary N) is 1. The molecule has 1 heterocycles. The van der Waals surface area contributed by atoms with Gasteiger partial charge in [-0.25, -0.2) is 4.39 Å². The van der Waals surface area contributed by atoms with Gasteiger partial charge in [-0.3, -0.25) is 4.79 Å². The van der Waals surface area contributed by atoms with Crippen LogP contribution in [-0.2, 0) is 17.8 Å². The average Bonchev–Trinajstić information content (AvgIpc) is 2.54. The van der Waals surface area contributed by atoms with Gasteiger partial charge in [-0.15, -0.1) is 12.4 Å². The van der Waals surface area contributed by atoms with Crippen molar-refractivity contribution in [3.8, 4) is 0 Å². The highest BCUT2D eigenvalue weighted by Gasteiger charge is 2.42. The summed E-state index contributed by atoms with van der Waals surface area (Å²) in [6, 6.07) is 5.52. The van der Waals surface area contributed by atoms with E-state index >= 15 is 0 Å². The third kappa shape index (κ3) is 3.06. The topological polar surface area (TPSA) is 46.3 Å². The van der Waals surface area contributed by atoms with Gasteiger partial charge in [-0.2, -0.15) is 0 Å². The summed E-state index contributed by atoms with van der Waals surface area (Å²) in [5.74, 6) is 1.15. The van der Waals surface area contributed by atoms with Crippen molar-refractivity contribution in [1.82, 2.24) is 4.90 Å². The summed E-state index contributed by atoms with van der Waals surface area (Å²) in [5.41, 5.74) is 8.09. The van der Waals surface area contributed by atoms with Crippen molar-refractivity contribution in [2.75, 3.05) is 6.54 Å². The summed E-state index contributed by atoms with van der Waals surface area (Å²) in [6.07, 6.45) is 6.20. The number of fused-ring (bicyclic) bond motifs is 3. The number of nitrogens with zero attached hydrogens (tertiary/aromatic N) is 1. The minimum atomic E-state index is -0.178. The fourth-order valence-electron chi connectivity index (χ4n) is 4.98. The van der Waals surface area contributed by atoms with E-state index in [4.69, 9.17) is 5.73 Å². The summed E-state index contributed by atoms with van der Waals surface area (Å²) < 4.78 is 14.0. The highest BCUT2D eigenvalue weighted by Crippen LogP contribution is 2.42. The van der Waals surface area contributed by atoms with E-state index in [-0.39, 0.29) is 36.1 Å². The highest BCUT2D eigenvalue weighted by molar-refractivity contribution is 5.85. The number of amides is 1. The van der Waals surface area contributed by atoms with Gasteiger partial charge in [-0.05, 0) is 55.6 Å². The Hall–Kier alpha value is -1.13. The first kappa shape index (κ1) is 17.7. The van der Waals surface area contributed by atoms with Crippen LogP contribution in [0.5, 0.6) is 0 Å². The Morgan fingerprint density at radius 1 is 1.21 bits per heavy atom. The molecule has 2 fully saturated rings. The quantitative estimate of drug-likeness (QED) is 0.843. The minimum absolute atomic E-state index is 0. The van der Waals surface area contributed by atoms with Crippen LogP contribution < -0.4 is 5.73 Å². The maximum atomic E-state index is 14.0. The number of hydrogen-bond donors (Lipinski definition) is 1. The van der Waals surface area contributed by atoms with Crippen LogP contribution in [0, 0.1) is 23.6 Å². The van der Waals surface area contributed by atoms with E-state index in [0.29, 0.717) is 30.5 Å². The summed E-state index contributed by atoms with van der Waals surface area (Å²) >= 11 is 0. The van der Waals surface area contributed by atoms with Crippen LogP contribution in [0.2, 0.25) is 0 Å². The number of carbonyl (C=O) groups is 1. The predicted molar refractivity (Wildman–Crippen MR) is 94.3 cm³/mol. The lowest BCUT2D eigenvalue weighted by molar-refractivity contribution is -0.139. The minimum Gasteiger partial charge on any atom is -0.338 e. The van der Waals surface area contributed by atoms with Gasteiger partial charge in [0.1, 0.15) is 5.82 Å². The number of halogens is 2. The zero-order valence-corrected chi connectivity index (χ0v) is 14.7. The molecule has 1 aromatic carbocycles. The lowest BCUT2D eigenvalue weighted by Gasteiger charge is -2.45. The van der Waals surface area contributed by atoms with E-state index in [2.05, 4.69) is 0 Å². The zero-order chi connectivity index (χ0) is 16.0. The maximum Gasteiger partial charge on any atom is 0.226 e. The van der Waals surface area contributed by atoms with Crippen LogP contribution >= 0.6 is 12.4 Å². The number of benzene rings is 1. The second-order valence-electron chi connectivity index (χ2n) is 7.58. The number of rotatable bonds is 1. The fraction of sp³-hybridized carbons (Fsp3) is 0.632. The molecule has 1 amide bonds. The molecule has 5 heteroatoms. The largest absolute Gasteiger partial charge is 0.338 e. The van der Waals surface area contributed by atoms with E-state index in [9.17, 15) is 9.18 Å². The molecule has 3 nitrogen and oxygen atoms in total. The monoisotopic (exact) mass is 352 g/mol. The van der Waals surface area contributed by atoms with Gasteiger partial charge in [0.25, 0.3) is 0 Å². The van der Waals surface area contributed by atoms with Gasteiger partial charge in [0, 0.05) is 30.6 Å². The van der Waals surface area contributed by atoms with E-state index < -0.39 is 0 Å². The fourth-order valence-corrected chi connectivity index (χ4v) is 4.98. The van der Waals surface area contributed by atoms with Crippen molar-refractivity contribution < 1.29 is 9.18 Å². The first-order valence-corrected chi connectivity index (χ1v) is 8.94. The molecule has 1 aromatic rings. The molecule has 2 unspecified atom stereocenters. The molecule has 0 radical (unpaired) electrons. The third-order valence-corrected chi connectivity index (χ3v) is 6.29.